The van der Waals surface area contributed by atoms with Crippen LogP contribution in [-0.2, 0) is 4.79 Å². The number of carbonyl (C=O) groups is 2. The second kappa shape index (κ2) is 9.39. The maximum atomic E-state index is 13.0. The number of H-pyrrole nitrogens is 1. The zero-order chi connectivity index (χ0) is 20.8. The molecule has 1 aliphatic heterocycles. The number of amides is 2. The van der Waals surface area contributed by atoms with Gasteiger partial charge in [-0.15, -0.1) is 0 Å². The van der Waals surface area contributed by atoms with Crippen molar-refractivity contribution in [2.45, 2.75) is 31.2 Å². The number of carbonyl (C=O) groups excluding carboxylic acids is 2. The van der Waals surface area contributed by atoms with Crippen LogP contribution in [0, 0.1) is 0 Å². The smallest absolute Gasteiger partial charge is 0.251 e. The number of benzene rings is 2. The van der Waals surface area contributed by atoms with E-state index in [9.17, 15) is 9.59 Å². The van der Waals surface area contributed by atoms with Gasteiger partial charge in [0.05, 0.1) is 12.5 Å². The first-order chi connectivity index (χ1) is 14.7. The fourth-order valence-electron chi connectivity index (χ4n) is 3.98. The molecule has 0 saturated carbocycles. The van der Waals surface area contributed by atoms with Gasteiger partial charge in [0.25, 0.3) is 5.91 Å². The summed E-state index contributed by atoms with van der Waals surface area (Å²) in [6, 6.07) is 18.4. The third-order valence-corrected chi connectivity index (χ3v) is 5.68. The van der Waals surface area contributed by atoms with Crippen LogP contribution in [0.25, 0.3) is 0 Å². The number of imidazole rings is 1. The van der Waals surface area contributed by atoms with Gasteiger partial charge >= 0.3 is 0 Å². The Morgan fingerprint density at radius 2 is 1.70 bits per heavy atom. The lowest BCUT2D eigenvalue weighted by atomic mass is 9.95. The average Bonchev–Trinajstić information content (AvgIpc) is 3.35. The third-order valence-electron chi connectivity index (χ3n) is 5.68. The molecule has 1 aliphatic rings. The molecule has 0 spiro atoms. The van der Waals surface area contributed by atoms with Crippen LogP contribution in [0.15, 0.2) is 73.1 Å². The molecule has 1 fully saturated rings. The lowest BCUT2D eigenvalue weighted by Gasteiger charge is -2.32. The van der Waals surface area contributed by atoms with E-state index in [2.05, 4.69) is 15.3 Å². The van der Waals surface area contributed by atoms with E-state index in [0.29, 0.717) is 24.6 Å². The normalized spacial score (nSPS) is 15.5. The minimum atomic E-state index is -0.366. The van der Waals surface area contributed by atoms with Crippen LogP contribution in [0.2, 0.25) is 0 Å². The van der Waals surface area contributed by atoms with Crippen LogP contribution in [0.4, 0.5) is 0 Å². The fraction of sp³-hybridized carbons (Fsp3) is 0.292. The van der Waals surface area contributed by atoms with Gasteiger partial charge in [0.2, 0.25) is 5.91 Å². The van der Waals surface area contributed by atoms with E-state index in [1.54, 1.807) is 18.3 Å². The molecule has 0 aliphatic carbocycles. The van der Waals surface area contributed by atoms with Gasteiger partial charge < -0.3 is 15.2 Å². The monoisotopic (exact) mass is 402 g/mol. The summed E-state index contributed by atoms with van der Waals surface area (Å²) in [4.78, 5) is 35.2. The Hall–Kier alpha value is -3.41. The summed E-state index contributed by atoms with van der Waals surface area (Å²) in [7, 11) is 0. The van der Waals surface area contributed by atoms with Crippen molar-refractivity contribution in [1.82, 2.24) is 20.2 Å². The number of nitrogens with one attached hydrogen (secondary N) is 2. The first-order valence-electron chi connectivity index (χ1n) is 10.4. The van der Waals surface area contributed by atoms with Crippen LogP contribution in [0.5, 0.6) is 0 Å². The lowest BCUT2D eigenvalue weighted by molar-refractivity contribution is -0.132. The largest absolute Gasteiger partial charge is 0.348 e. The van der Waals surface area contributed by atoms with Gasteiger partial charge in [0, 0.05) is 37.0 Å². The number of aromatic amines is 1. The molecule has 2 aromatic carbocycles. The number of rotatable bonds is 6. The molecule has 2 heterocycles. The van der Waals surface area contributed by atoms with Crippen molar-refractivity contribution in [1.29, 1.82) is 0 Å². The highest BCUT2D eigenvalue weighted by Gasteiger charge is 2.27. The van der Waals surface area contributed by atoms with Gasteiger partial charge in [0.1, 0.15) is 5.82 Å². The van der Waals surface area contributed by atoms with Gasteiger partial charge in [0.15, 0.2) is 0 Å². The SMILES string of the molecule is O=C(NC(CC(=O)N1CCC(c2ncc[nH]2)CC1)c1ccccc1)c1ccccc1. The quantitative estimate of drug-likeness (QED) is 0.660. The van der Waals surface area contributed by atoms with E-state index in [0.717, 1.165) is 24.2 Å². The molecular weight excluding hydrogens is 376 g/mol. The van der Waals surface area contributed by atoms with Crippen molar-refractivity contribution in [3.63, 3.8) is 0 Å². The molecule has 154 valence electrons. The van der Waals surface area contributed by atoms with Gasteiger partial charge in [-0.25, -0.2) is 4.98 Å². The Labute approximate surface area is 176 Å². The summed E-state index contributed by atoms with van der Waals surface area (Å²) >= 11 is 0. The van der Waals surface area contributed by atoms with E-state index in [4.69, 9.17) is 0 Å². The van der Waals surface area contributed by atoms with Gasteiger partial charge in [-0.2, -0.15) is 0 Å². The molecule has 1 saturated heterocycles. The fourth-order valence-corrected chi connectivity index (χ4v) is 3.98. The molecule has 0 bridgehead atoms. The molecule has 4 rings (SSSR count). The molecule has 6 nitrogen and oxygen atoms in total. The molecule has 1 atom stereocenters. The van der Waals surface area contributed by atoms with Crippen LogP contribution in [-0.4, -0.2) is 39.8 Å². The zero-order valence-electron chi connectivity index (χ0n) is 16.8. The number of likely N-dealkylation sites (tertiary alicyclic amines) is 1. The third kappa shape index (κ3) is 4.76. The minimum absolute atomic E-state index is 0.0649. The Balaban J connectivity index is 1.41. The molecular formula is C24H26N4O2. The van der Waals surface area contributed by atoms with Crippen molar-refractivity contribution in [3.05, 3.63) is 90.0 Å². The van der Waals surface area contributed by atoms with E-state index >= 15 is 0 Å². The van der Waals surface area contributed by atoms with Gasteiger partial charge in [-0.3, -0.25) is 9.59 Å². The number of hydrogen-bond acceptors (Lipinski definition) is 3. The summed E-state index contributed by atoms with van der Waals surface area (Å²) in [5, 5.41) is 3.05. The first kappa shape index (κ1) is 19.9. The minimum Gasteiger partial charge on any atom is -0.348 e. The van der Waals surface area contributed by atoms with Crippen LogP contribution in [0.1, 0.15) is 53.0 Å². The Morgan fingerprint density at radius 1 is 1.03 bits per heavy atom. The summed E-state index contributed by atoms with van der Waals surface area (Å²) in [6.07, 6.45) is 5.64. The second-order valence-corrected chi connectivity index (χ2v) is 7.64. The van der Waals surface area contributed by atoms with E-state index in [1.165, 1.54) is 0 Å². The number of nitrogens with zero attached hydrogens (tertiary/aromatic N) is 2. The molecule has 3 aromatic rings. The topological polar surface area (TPSA) is 78.1 Å². The van der Waals surface area contributed by atoms with E-state index in [-0.39, 0.29) is 24.3 Å². The molecule has 2 N–H and O–H groups in total. The molecule has 1 unspecified atom stereocenters. The Bertz CT molecular complexity index is 949. The number of hydrogen-bond donors (Lipinski definition) is 2. The highest BCUT2D eigenvalue weighted by atomic mass is 16.2. The summed E-state index contributed by atoms with van der Waals surface area (Å²) in [6.45, 7) is 1.41. The van der Waals surface area contributed by atoms with Crippen LogP contribution >= 0.6 is 0 Å². The molecule has 30 heavy (non-hydrogen) atoms. The van der Waals surface area contributed by atoms with Crippen molar-refractivity contribution >= 4 is 11.8 Å². The predicted molar refractivity (Wildman–Crippen MR) is 115 cm³/mol. The maximum absolute atomic E-state index is 13.0. The van der Waals surface area contributed by atoms with Gasteiger partial charge in [-0.1, -0.05) is 48.5 Å². The second-order valence-electron chi connectivity index (χ2n) is 7.64. The predicted octanol–water partition coefficient (Wildman–Crippen LogP) is 3.68. The van der Waals surface area contributed by atoms with E-state index in [1.807, 2.05) is 59.6 Å². The number of piperidine rings is 1. The molecule has 6 heteroatoms. The average molecular weight is 402 g/mol. The lowest BCUT2D eigenvalue weighted by Crippen LogP contribution is -2.40. The zero-order valence-corrected chi connectivity index (χ0v) is 16.8. The summed E-state index contributed by atoms with van der Waals surface area (Å²) in [5.41, 5.74) is 1.52. The van der Waals surface area contributed by atoms with E-state index < -0.39 is 0 Å². The van der Waals surface area contributed by atoms with Crippen LogP contribution in [0.3, 0.4) is 0 Å². The van der Waals surface area contributed by atoms with Crippen molar-refractivity contribution < 1.29 is 9.59 Å². The Morgan fingerprint density at radius 3 is 2.33 bits per heavy atom. The standard InChI is InChI=1S/C24H26N4O2/c29-22(28-15-11-19(12-16-28)23-25-13-14-26-23)17-21(18-7-3-1-4-8-18)27-24(30)20-9-5-2-6-10-20/h1-10,13-14,19,21H,11-12,15-17H2,(H,25,26)(H,27,30). The van der Waals surface area contributed by atoms with Crippen molar-refractivity contribution in [2.75, 3.05) is 13.1 Å². The highest BCUT2D eigenvalue weighted by Crippen LogP contribution is 2.27. The van der Waals surface area contributed by atoms with Crippen molar-refractivity contribution in [2.24, 2.45) is 0 Å². The summed E-state index contributed by atoms with van der Waals surface area (Å²) < 4.78 is 0. The molecule has 1 aromatic heterocycles. The van der Waals surface area contributed by atoms with Crippen LogP contribution < -0.4 is 5.32 Å². The highest BCUT2D eigenvalue weighted by molar-refractivity contribution is 5.94. The van der Waals surface area contributed by atoms with Gasteiger partial charge in [-0.05, 0) is 30.5 Å². The first-order valence-corrected chi connectivity index (χ1v) is 10.4. The Kier molecular flexibility index (Phi) is 6.23. The van der Waals surface area contributed by atoms with Crippen molar-refractivity contribution in [3.8, 4) is 0 Å². The summed E-state index contributed by atoms with van der Waals surface area (Å²) in [5.74, 6) is 1.26. The molecule has 0 radical (unpaired) electrons. The maximum Gasteiger partial charge on any atom is 0.251 e. The number of aromatic nitrogens is 2. The molecule has 2 amide bonds.